The van der Waals surface area contributed by atoms with Gasteiger partial charge in [0, 0.05) is 11.0 Å². The van der Waals surface area contributed by atoms with Gasteiger partial charge >= 0.3 is 0 Å². The van der Waals surface area contributed by atoms with Crippen molar-refractivity contribution in [1.29, 1.82) is 0 Å². The minimum absolute atomic E-state index is 0.194. The second-order valence-electron chi connectivity index (χ2n) is 5.83. The van der Waals surface area contributed by atoms with Gasteiger partial charge in [-0.05, 0) is 29.7 Å². The van der Waals surface area contributed by atoms with Gasteiger partial charge in [-0.2, -0.15) is 0 Å². The maximum atomic E-state index is 4.74. The molecule has 2 N–H and O–H groups in total. The molecule has 0 aliphatic rings. The van der Waals surface area contributed by atoms with Crippen molar-refractivity contribution in [3.63, 3.8) is 0 Å². The molecule has 1 atom stereocenters. The summed E-state index contributed by atoms with van der Waals surface area (Å²) in [7, 11) is 0. The average Bonchev–Trinajstić information content (AvgIpc) is 2.92. The number of imidazole rings is 1. The third-order valence-corrected chi connectivity index (χ3v) is 4.61. The molecule has 0 amide bonds. The Morgan fingerprint density at radius 2 is 1.82 bits per heavy atom. The van der Waals surface area contributed by atoms with Gasteiger partial charge in [0.1, 0.15) is 5.82 Å². The number of aromatic amines is 1. The number of benzene rings is 2. The van der Waals surface area contributed by atoms with Crippen LogP contribution >= 0.6 is 15.9 Å². The summed E-state index contributed by atoms with van der Waals surface area (Å²) in [5, 5.41) is 3.63. The van der Waals surface area contributed by atoms with Crippen molar-refractivity contribution >= 4 is 27.0 Å². The predicted octanol–water partition coefficient (Wildman–Crippen LogP) is 4.81. The highest BCUT2D eigenvalue weighted by Gasteiger charge is 2.19. The molecule has 1 aromatic heterocycles. The zero-order chi connectivity index (χ0) is 15.5. The van der Waals surface area contributed by atoms with Crippen molar-refractivity contribution in [2.45, 2.75) is 26.4 Å². The molecular weight excluding hydrogens is 338 g/mol. The van der Waals surface area contributed by atoms with Crippen LogP contribution in [-0.4, -0.2) is 9.97 Å². The third-order valence-electron chi connectivity index (χ3n) is 3.84. The molecule has 0 aliphatic heterocycles. The van der Waals surface area contributed by atoms with Crippen molar-refractivity contribution in [2.24, 2.45) is 5.92 Å². The van der Waals surface area contributed by atoms with E-state index in [0.717, 1.165) is 27.9 Å². The highest BCUT2D eigenvalue weighted by atomic mass is 79.9. The molecule has 0 saturated carbocycles. The highest BCUT2D eigenvalue weighted by molar-refractivity contribution is 9.10. The second-order valence-corrected chi connectivity index (χ2v) is 6.69. The monoisotopic (exact) mass is 357 g/mol. The molecular formula is C18H20BrN3. The molecule has 0 aliphatic carbocycles. The first-order chi connectivity index (χ1) is 10.6. The Morgan fingerprint density at radius 1 is 1.09 bits per heavy atom. The fourth-order valence-electron chi connectivity index (χ4n) is 2.63. The highest BCUT2D eigenvalue weighted by Crippen LogP contribution is 2.23. The molecule has 1 unspecified atom stereocenters. The Kier molecular flexibility index (Phi) is 4.60. The Balaban J connectivity index is 1.82. The molecule has 0 spiro atoms. The summed E-state index contributed by atoms with van der Waals surface area (Å²) in [4.78, 5) is 8.18. The molecule has 3 nitrogen and oxygen atoms in total. The molecule has 114 valence electrons. The minimum Gasteiger partial charge on any atom is -0.341 e. The Morgan fingerprint density at radius 3 is 2.55 bits per heavy atom. The average molecular weight is 358 g/mol. The van der Waals surface area contributed by atoms with Gasteiger partial charge in [-0.3, -0.25) is 0 Å². The number of fused-ring (bicyclic) bond motifs is 1. The SMILES string of the molecule is CC(C)C(NCc1ccccc1Br)c1nc2ccccc2[nH]1. The van der Waals surface area contributed by atoms with Crippen LogP contribution in [0.1, 0.15) is 31.3 Å². The van der Waals surface area contributed by atoms with Crippen LogP contribution in [0.3, 0.4) is 0 Å². The lowest BCUT2D eigenvalue weighted by molar-refractivity contribution is 0.395. The van der Waals surface area contributed by atoms with Crippen LogP contribution in [-0.2, 0) is 6.54 Å². The first kappa shape index (κ1) is 15.3. The summed E-state index contributed by atoms with van der Waals surface area (Å²) in [6, 6.07) is 16.7. The first-order valence-electron chi connectivity index (χ1n) is 7.56. The van der Waals surface area contributed by atoms with E-state index in [1.807, 2.05) is 24.3 Å². The Labute approximate surface area is 139 Å². The second kappa shape index (κ2) is 6.63. The normalized spacial score (nSPS) is 12.9. The van der Waals surface area contributed by atoms with Crippen LogP contribution < -0.4 is 5.32 Å². The van der Waals surface area contributed by atoms with Crippen LogP contribution in [0.25, 0.3) is 11.0 Å². The largest absolute Gasteiger partial charge is 0.341 e. The molecule has 4 heteroatoms. The topological polar surface area (TPSA) is 40.7 Å². The van der Waals surface area contributed by atoms with Crippen molar-refractivity contribution in [3.05, 3.63) is 64.4 Å². The first-order valence-corrected chi connectivity index (χ1v) is 8.36. The van der Waals surface area contributed by atoms with Crippen molar-refractivity contribution in [2.75, 3.05) is 0 Å². The van der Waals surface area contributed by atoms with Crippen molar-refractivity contribution in [3.8, 4) is 0 Å². The van der Waals surface area contributed by atoms with Gasteiger partial charge in [-0.1, -0.05) is 60.1 Å². The number of hydrogen-bond donors (Lipinski definition) is 2. The van der Waals surface area contributed by atoms with Crippen molar-refractivity contribution < 1.29 is 0 Å². The smallest absolute Gasteiger partial charge is 0.124 e. The van der Waals surface area contributed by atoms with E-state index in [1.165, 1.54) is 5.56 Å². The van der Waals surface area contributed by atoms with Gasteiger partial charge in [0.2, 0.25) is 0 Å². The molecule has 0 radical (unpaired) electrons. The van der Waals surface area contributed by atoms with Gasteiger partial charge < -0.3 is 10.3 Å². The number of nitrogens with one attached hydrogen (secondary N) is 2. The Hall–Kier alpha value is -1.65. The van der Waals surface area contributed by atoms with E-state index >= 15 is 0 Å². The van der Waals surface area contributed by atoms with E-state index in [0.29, 0.717) is 5.92 Å². The number of nitrogens with zero attached hydrogens (tertiary/aromatic N) is 1. The van der Waals surface area contributed by atoms with Gasteiger partial charge in [-0.25, -0.2) is 4.98 Å². The van der Waals surface area contributed by atoms with Gasteiger partial charge in [0.05, 0.1) is 17.1 Å². The minimum atomic E-state index is 0.194. The lowest BCUT2D eigenvalue weighted by Gasteiger charge is -2.20. The molecule has 0 fully saturated rings. The summed E-state index contributed by atoms with van der Waals surface area (Å²) in [6.45, 7) is 5.23. The van der Waals surface area contributed by atoms with Crippen molar-refractivity contribution in [1.82, 2.24) is 15.3 Å². The summed E-state index contributed by atoms with van der Waals surface area (Å²) in [5.74, 6) is 1.45. The number of rotatable bonds is 5. The van der Waals surface area contributed by atoms with E-state index in [9.17, 15) is 0 Å². The number of halogens is 1. The Bertz CT molecular complexity index is 731. The lowest BCUT2D eigenvalue weighted by Crippen LogP contribution is -2.26. The number of H-pyrrole nitrogens is 1. The number of hydrogen-bond acceptors (Lipinski definition) is 2. The molecule has 3 aromatic rings. The number of para-hydroxylation sites is 2. The van der Waals surface area contributed by atoms with E-state index in [4.69, 9.17) is 4.98 Å². The fraction of sp³-hybridized carbons (Fsp3) is 0.278. The van der Waals surface area contributed by atoms with E-state index in [2.05, 4.69) is 64.3 Å². The predicted molar refractivity (Wildman–Crippen MR) is 94.7 cm³/mol. The molecule has 22 heavy (non-hydrogen) atoms. The summed E-state index contributed by atoms with van der Waals surface area (Å²) in [5.41, 5.74) is 3.36. The fourth-order valence-corrected chi connectivity index (χ4v) is 3.05. The molecule has 1 heterocycles. The molecule has 2 aromatic carbocycles. The van der Waals surface area contributed by atoms with Crippen LogP contribution in [0.5, 0.6) is 0 Å². The maximum absolute atomic E-state index is 4.74. The van der Waals surface area contributed by atoms with Crippen LogP contribution in [0.2, 0.25) is 0 Å². The summed E-state index contributed by atoms with van der Waals surface area (Å²) < 4.78 is 1.13. The summed E-state index contributed by atoms with van der Waals surface area (Å²) >= 11 is 3.60. The maximum Gasteiger partial charge on any atom is 0.124 e. The zero-order valence-electron chi connectivity index (χ0n) is 12.8. The van der Waals surface area contributed by atoms with Crippen LogP contribution in [0, 0.1) is 5.92 Å². The van der Waals surface area contributed by atoms with Gasteiger partial charge in [0.15, 0.2) is 0 Å². The van der Waals surface area contributed by atoms with E-state index in [1.54, 1.807) is 0 Å². The molecule has 0 saturated heterocycles. The standard InChI is InChI=1S/C18H20BrN3/c1-12(2)17(20-11-13-7-3-4-8-14(13)19)18-21-15-9-5-6-10-16(15)22-18/h3-10,12,17,20H,11H2,1-2H3,(H,21,22). The lowest BCUT2D eigenvalue weighted by atomic mass is 10.0. The number of aromatic nitrogens is 2. The van der Waals surface area contributed by atoms with Gasteiger partial charge in [-0.15, -0.1) is 0 Å². The molecule has 3 rings (SSSR count). The van der Waals surface area contributed by atoms with Crippen LogP contribution in [0.4, 0.5) is 0 Å². The van der Waals surface area contributed by atoms with E-state index < -0.39 is 0 Å². The van der Waals surface area contributed by atoms with Crippen LogP contribution in [0.15, 0.2) is 53.0 Å². The third kappa shape index (κ3) is 3.23. The van der Waals surface area contributed by atoms with E-state index in [-0.39, 0.29) is 6.04 Å². The zero-order valence-corrected chi connectivity index (χ0v) is 14.4. The van der Waals surface area contributed by atoms with Gasteiger partial charge in [0.25, 0.3) is 0 Å². The molecule has 0 bridgehead atoms. The quantitative estimate of drug-likeness (QED) is 0.687. The summed E-state index contributed by atoms with van der Waals surface area (Å²) in [6.07, 6.45) is 0.